The van der Waals surface area contributed by atoms with Crippen molar-refractivity contribution in [3.05, 3.63) is 36.1 Å². The fraction of sp³-hybridized carbons (Fsp3) is 0.300. The number of aliphatic imine (C=N–C) groups is 1. The van der Waals surface area contributed by atoms with Gasteiger partial charge in [-0.05, 0) is 24.1 Å². The molecule has 1 aliphatic heterocycles. The minimum absolute atomic E-state index is 1.14. The molecule has 1 heterocycles. The predicted octanol–water partition coefficient (Wildman–Crippen LogP) is 2.87. The Hall–Kier alpha value is -1.11. The molecule has 0 saturated heterocycles. The molecule has 0 fully saturated rings. The molecule has 0 aromatic carbocycles. The van der Waals surface area contributed by atoms with Gasteiger partial charge in [0.1, 0.15) is 0 Å². The third-order valence-corrected chi connectivity index (χ3v) is 1.51. The van der Waals surface area contributed by atoms with Crippen LogP contribution in [0.2, 0.25) is 0 Å². The smallest absolute Gasteiger partial charge is 0.0270 e. The van der Waals surface area contributed by atoms with Crippen molar-refractivity contribution in [2.45, 2.75) is 19.8 Å². The zero-order chi connectivity index (χ0) is 7.94. The number of nitrogens with zero attached hydrogens (tertiary/aromatic N) is 1. The van der Waals surface area contributed by atoms with Crippen LogP contribution in [0.25, 0.3) is 0 Å². The molecule has 0 aromatic rings. The highest BCUT2D eigenvalue weighted by Gasteiger charge is 1.88. The third kappa shape index (κ3) is 2.99. The molecule has 0 bridgehead atoms. The molecule has 0 saturated carbocycles. The molecule has 1 aliphatic rings. The third-order valence-electron chi connectivity index (χ3n) is 1.51. The number of hydrogen-bond donors (Lipinski definition) is 0. The zero-order valence-corrected chi connectivity index (χ0v) is 6.83. The van der Waals surface area contributed by atoms with Crippen molar-refractivity contribution in [1.82, 2.24) is 0 Å². The van der Waals surface area contributed by atoms with E-state index in [1.165, 1.54) is 12.0 Å². The van der Waals surface area contributed by atoms with Crippen LogP contribution in [0.4, 0.5) is 0 Å². The van der Waals surface area contributed by atoms with Gasteiger partial charge in [0, 0.05) is 12.4 Å². The molecule has 0 spiro atoms. The molecule has 0 unspecified atom stereocenters. The van der Waals surface area contributed by atoms with Crippen LogP contribution in [-0.2, 0) is 0 Å². The van der Waals surface area contributed by atoms with Gasteiger partial charge < -0.3 is 0 Å². The van der Waals surface area contributed by atoms with Gasteiger partial charge >= 0.3 is 0 Å². The van der Waals surface area contributed by atoms with Crippen molar-refractivity contribution in [2.75, 3.05) is 0 Å². The monoisotopic (exact) mass is 147 g/mol. The molecule has 58 valence electrons. The van der Waals surface area contributed by atoms with Crippen molar-refractivity contribution in [3.63, 3.8) is 0 Å². The van der Waals surface area contributed by atoms with Gasteiger partial charge in [0.2, 0.25) is 0 Å². The van der Waals surface area contributed by atoms with E-state index in [9.17, 15) is 0 Å². The largest absolute Gasteiger partial charge is 0.265 e. The van der Waals surface area contributed by atoms with E-state index in [-0.39, 0.29) is 0 Å². The van der Waals surface area contributed by atoms with Crippen molar-refractivity contribution in [3.8, 4) is 0 Å². The van der Waals surface area contributed by atoms with E-state index in [0.717, 1.165) is 6.42 Å². The summed E-state index contributed by atoms with van der Waals surface area (Å²) in [5, 5.41) is 0. The highest BCUT2D eigenvalue weighted by atomic mass is 14.7. The Kier molecular flexibility index (Phi) is 3.39. The Labute approximate surface area is 67.8 Å². The van der Waals surface area contributed by atoms with Crippen LogP contribution >= 0.6 is 0 Å². The van der Waals surface area contributed by atoms with E-state index < -0.39 is 0 Å². The Balaban J connectivity index is 2.62. The maximum absolute atomic E-state index is 4.03. The molecule has 0 atom stereocenters. The van der Waals surface area contributed by atoms with Gasteiger partial charge in [-0.15, -0.1) is 0 Å². The Morgan fingerprint density at radius 3 is 3.09 bits per heavy atom. The second kappa shape index (κ2) is 4.67. The Morgan fingerprint density at radius 1 is 1.36 bits per heavy atom. The standard InChI is InChI=1S/C10H13N/c1-2-5-10-6-3-4-8-11-9-7-10/h3-4,6-9H,2,5H2,1H3/b4-3?,6-3+,8-4+,9-7?,10-6?,10-7-,11-8?,11-9-. The maximum Gasteiger partial charge on any atom is 0.0270 e. The van der Waals surface area contributed by atoms with E-state index in [0.29, 0.717) is 0 Å². The van der Waals surface area contributed by atoms with E-state index >= 15 is 0 Å². The van der Waals surface area contributed by atoms with Gasteiger partial charge in [0.25, 0.3) is 0 Å². The van der Waals surface area contributed by atoms with Crippen LogP contribution in [0, 0.1) is 0 Å². The minimum Gasteiger partial charge on any atom is -0.265 e. The van der Waals surface area contributed by atoms with Crippen molar-refractivity contribution >= 4 is 6.21 Å². The van der Waals surface area contributed by atoms with Gasteiger partial charge in [0.15, 0.2) is 0 Å². The average molecular weight is 147 g/mol. The zero-order valence-electron chi connectivity index (χ0n) is 6.83. The van der Waals surface area contributed by atoms with Gasteiger partial charge in [-0.2, -0.15) is 0 Å². The lowest BCUT2D eigenvalue weighted by molar-refractivity contribution is 0.927. The van der Waals surface area contributed by atoms with Crippen molar-refractivity contribution in [2.24, 2.45) is 4.99 Å². The fourth-order valence-electron chi connectivity index (χ4n) is 0.978. The summed E-state index contributed by atoms with van der Waals surface area (Å²) in [6.07, 6.45) is 14.1. The van der Waals surface area contributed by atoms with Gasteiger partial charge in [-0.25, -0.2) is 0 Å². The number of hydrogen-bond acceptors (Lipinski definition) is 1. The molecular formula is C10H13N. The lowest BCUT2D eigenvalue weighted by Crippen LogP contribution is -1.79. The lowest BCUT2D eigenvalue weighted by atomic mass is 10.1. The first-order valence-electron chi connectivity index (χ1n) is 3.99. The normalized spacial score (nSPS) is 29.4. The summed E-state index contributed by atoms with van der Waals surface area (Å²) in [5.74, 6) is 0. The minimum atomic E-state index is 1.14. The molecule has 0 radical (unpaired) electrons. The summed E-state index contributed by atoms with van der Waals surface area (Å²) in [5.41, 5.74) is 1.35. The lowest BCUT2D eigenvalue weighted by Gasteiger charge is -1.96. The van der Waals surface area contributed by atoms with Crippen molar-refractivity contribution < 1.29 is 0 Å². The molecule has 11 heavy (non-hydrogen) atoms. The maximum atomic E-state index is 4.03. The van der Waals surface area contributed by atoms with Crippen LogP contribution in [0.5, 0.6) is 0 Å². The second-order valence-electron chi connectivity index (χ2n) is 2.49. The first-order chi connectivity index (χ1) is 5.43. The quantitative estimate of drug-likeness (QED) is 0.569. The molecule has 0 amide bonds. The van der Waals surface area contributed by atoms with Crippen LogP contribution < -0.4 is 0 Å². The Bertz CT molecular complexity index is 219. The number of rotatable bonds is 2. The highest BCUT2D eigenvalue weighted by molar-refractivity contribution is 5.73. The summed E-state index contributed by atoms with van der Waals surface area (Å²) in [7, 11) is 0. The molecule has 1 heteroatoms. The SMILES string of the molecule is CCCC1=C/C=N\C=C\C=C\1. The van der Waals surface area contributed by atoms with E-state index in [1.807, 2.05) is 18.4 Å². The summed E-state index contributed by atoms with van der Waals surface area (Å²) >= 11 is 0. The highest BCUT2D eigenvalue weighted by Crippen LogP contribution is 2.06. The fourth-order valence-corrected chi connectivity index (χ4v) is 0.978. The average Bonchev–Trinajstić information content (AvgIpc) is 1.94. The topological polar surface area (TPSA) is 12.4 Å². The Morgan fingerprint density at radius 2 is 2.27 bits per heavy atom. The summed E-state index contributed by atoms with van der Waals surface area (Å²) in [4.78, 5) is 4.03. The van der Waals surface area contributed by atoms with Crippen molar-refractivity contribution in [1.29, 1.82) is 0 Å². The molecular weight excluding hydrogens is 134 g/mol. The van der Waals surface area contributed by atoms with E-state index in [2.05, 4.69) is 24.1 Å². The van der Waals surface area contributed by atoms with E-state index in [1.54, 1.807) is 6.20 Å². The second-order valence-corrected chi connectivity index (χ2v) is 2.49. The summed E-state index contributed by atoms with van der Waals surface area (Å²) in [6, 6.07) is 0. The molecule has 0 aliphatic carbocycles. The van der Waals surface area contributed by atoms with Crippen LogP contribution in [0.1, 0.15) is 19.8 Å². The number of allylic oxidation sites excluding steroid dienone is 5. The molecule has 1 rings (SSSR count). The van der Waals surface area contributed by atoms with Gasteiger partial charge in [0.05, 0.1) is 0 Å². The van der Waals surface area contributed by atoms with Crippen LogP contribution in [0.15, 0.2) is 41.1 Å². The molecule has 0 N–H and O–H groups in total. The summed E-state index contributed by atoms with van der Waals surface area (Å²) in [6.45, 7) is 2.18. The summed E-state index contributed by atoms with van der Waals surface area (Å²) < 4.78 is 0. The van der Waals surface area contributed by atoms with Crippen LogP contribution in [0.3, 0.4) is 0 Å². The van der Waals surface area contributed by atoms with Gasteiger partial charge in [-0.3, -0.25) is 4.99 Å². The predicted molar refractivity (Wildman–Crippen MR) is 49.8 cm³/mol. The van der Waals surface area contributed by atoms with Gasteiger partial charge in [-0.1, -0.05) is 25.5 Å². The van der Waals surface area contributed by atoms with E-state index in [4.69, 9.17) is 0 Å². The first kappa shape index (κ1) is 7.99. The van der Waals surface area contributed by atoms with Crippen LogP contribution in [-0.4, -0.2) is 6.21 Å². The molecule has 1 nitrogen and oxygen atoms in total. The first-order valence-corrected chi connectivity index (χ1v) is 3.99. The molecule has 0 aromatic heterocycles.